The minimum atomic E-state index is -0.832. The van der Waals surface area contributed by atoms with Crippen LogP contribution in [0.5, 0.6) is 5.75 Å². The van der Waals surface area contributed by atoms with E-state index in [1.807, 2.05) is 25.1 Å². The number of ether oxygens (including phenoxy) is 1. The third kappa shape index (κ3) is 5.79. The van der Waals surface area contributed by atoms with Gasteiger partial charge < -0.3 is 14.6 Å². The average Bonchev–Trinajstić information content (AvgIpc) is 2.82. The van der Waals surface area contributed by atoms with Gasteiger partial charge in [0.05, 0.1) is 24.7 Å². The Bertz CT molecular complexity index is 988. The van der Waals surface area contributed by atoms with Crippen molar-refractivity contribution in [1.82, 2.24) is 5.06 Å². The first-order valence-electron chi connectivity index (χ1n) is 10.1. The van der Waals surface area contributed by atoms with Crippen LogP contribution >= 0.6 is 0 Å². The summed E-state index contributed by atoms with van der Waals surface area (Å²) in [6.45, 7) is 2.38. The number of rotatable bonds is 7. The highest BCUT2D eigenvalue weighted by atomic mass is 16.7. The molecule has 0 aromatic heterocycles. The van der Waals surface area contributed by atoms with Gasteiger partial charge in [-0.3, -0.25) is 19.2 Å². The van der Waals surface area contributed by atoms with Gasteiger partial charge in [-0.2, -0.15) is 0 Å². The highest BCUT2D eigenvalue weighted by Crippen LogP contribution is 2.39. The zero-order valence-corrected chi connectivity index (χ0v) is 18.4. The first kappa shape index (κ1) is 24.7. The summed E-state index contributed by atoms with van der Waals surface area (Å²) in [5.74, 6) is -0.476. The molecule has 1 N–H and O–H groups in total. The molecule has 170 valence electrons. The number of nitrogens with zero attached hydrogens (tertiary/aromatic N) is 1. The van der Waals surface area contributed by atoms with Gasteiger partial charge in [0, 0.05) is 24.6 Å². The Hall–Kier alpha value is -3.52. The van der Waals surface area contributed by atoms with Crippen LogP contribution in [-0.2, 0) is 26.3 Å². The molecule has 8 nitrogen and oxygen atoms in total. The zero-order valence-electron chi connectivity index (χ0n) is 18.4. The fourth-order valence-electron chi connectivity index (χ4n) is 3.31. The molecule has 0 fully saturated rings. The van der Waals surface area contributed by atoms with Gasteiger partial charge in [0.2, 0.25) is 0 Å². The highest BCUT2D eigenvalue weighted by molar-refractivity contribution is 6.00. The van der Waals surface area contributed by atoms with Gasteiger partial charge in [-0.05, 0) is 31.4 Å². The average molecular weight is 441 g/mol. The van der Waals surface area contributed by atoms with Gasteiger partial charge >= 0.3 is 5.97 Å². The van der Waals surface area contributed by atoms with E-state index in [1.54, 1.807) is 24.3 Å². The maximum Gasteiger partial charge on any atom is 0.303 e. The van der Waals surface area contributed by atoms with Crippen LogP contribution in [-0.4, -0.2) is 55.4 Å². The van der Waals surface area contributed by atoms with Crippen molar-refractivity contribution in [2.75, 3.05) is 20.8 Å². The number of aryl methyl sites for hydroxylation is 1. The van der Waals surface area contributed by atoms with Crippen LogP contribution in [0.15, 0.2) is 42.5 Å². The zero-order chi connectivity index (χ0) is 23.7. The molecule has 3 rings (SSSR count). The van der Waals surface area contributed by atoms with Crippen LogP contribution in [0.25, 0.3) is 0 Å². The van der Waals surface area contributed by atoms with Gasteiger partial charge in [0.15, 0.2) is 6.29 Å². The number of hydroxylamine groups is 2. The molecular weight excluding hydrogens is 414 g/mol. The number of aldehydes is 2. The van der Waals surface area contributed by atoms with E-state index in [4.69, 9.17) is 14.7 Å². The number of benzene rings is 2. The lowest BCUT2D eigenvalue weighted by molar-refractivity contribution is -0.137. The van der Waals surface area contributed by atoms with E-state index in [9.17, 15) is 19.2 Å². The molecule has 1 heterocycles. The summed E-state index contributed by atoms with van der Waals surface area (Å²) in [5.41, 5.74) is 1.91. The first-order chi connectivity index (χ1) is 15.3. The largest absolute Gasteiger partial charge is 0.493 e. The lowest BCUT2D eigenvalue weighted by atomic mass is 9.78. The van der Waals surface area contributed by atoms with Crippen molar-refractivity contribution in [3.8, 4) is 5.75 Å². The fraction of sp³-hybridized carbons (Fsp3) is 0.333. The quantitative estimate of drug-likeness (QED) is 0.519. The topological polar surface area (TPSA) is 110 Å². The molecule has 0 saturated carbocycles. The summed E-state index contributed by atoms with van der Waals surface area (Å²) in [6.07, 6.45) is 2.75. The van der Waals surface area contributed by atoms with Gasteiger partial charge in [0.25, 0.3) is 5.91 Å². The van der Waals surface area contributed by atoms with Crippen molar-refractivity contribution in [2.45, 2.75) is 31.6 Å². The van der Waals surface area contributed by atoms with Crippen molar-refractivity contribution >= 4 is 24.4 Å². The second-order valence-electron chi connectivity index (χ2n) is 7.51. The minimum absolute atomic E-state index is 0.0671. The van der Waals surface area contributed by atoms with Crippen LogP contribution in [0.1, 0.15) is 51.6 Å². The number of carboxylic acids is 1. The predicted octanol–water partition coefficient (Wildman–Crippen LogP) is 3.08. The van der Waals surface area contributed by atoms with Gasteiger partial charge in [-0.15, -0.1) is 0 Å². The molecule has 0 radical (unpaired) electrons. The number of hydrogen-bond donors (Lipinski definition) is 1. The second kappa shape index (κ2) is 11.2. The molecule has 0 aliphatic carbocycles. The summed E-state index contributed by atoms with van der Waals surface area (Å²) < 4.78 is 5.63. The molecule has 0 saturated heterocycles. The molecule has 1 amide bonds. The van der Waals surface area contributed by atoms with Crippen molar-refractivity contribution in [1.29, 1.82) is 0 Å². The third-order valence-corrected chi connectivity index (χ3v) is 5.33. The summed E-state index contributed by atoms with van der Waals surface area (Å²) in [4.78, 5) is 48.9. The molecule has 0 bridgehead atoms. The smallest absolute Gasteiger partial charge is 0.303 e. The van der Waals surface area contributed by atoms with Crippen molar-refractivity contribution in [2.24, 2.45) is 0 Å². The number of carboxylic acid groups (broad SMARTS) is 1. The number of carbonyl (C=O) groups excluding carboxylic acids is 3. The van der Waals surface area contributed by atoms with Gasteiger partial charge in [-0.25, -0.2) is 5.06 Å². The third-order valence-electron chi connectivity index (χ3n) is 5.33. The minimum Gasteiger partial charge on any atom is -0.493 e. The Labute approximate surface area is 186 Å². The van der Waals surface area contributed by atoms with E-state index in [-0.39, 0.29) is 12.3 Å². The monoisotopic (exact) mass is 441 g/mol. The van der Waals surface area contributed by atoms with E-state index in [0.717, 1.165) is 22.5 Å². The maximum absolute atomic E-state index is 11.6. The van der Waals surface area contributed by atoms with Crippen LogP contribution < -0.4 is 4.74 Å². The summed E-state index contributed by atoms with van der Waals surface area (Å²) in [7, 11) is 2.88. The SMILES string of the molecule is CC1(C=O)CCOc2c(CCC(=O)O)cccc21.CON(C)C(=O)c1ccccc1C=O. The molecule has 2 aromatic rings. The van der Waals surface area contributed by atoms with E-state index in [2.05, 4.69) is 0 Å². The number of hydrogen-bond acceptors (Lipinski definition) is 6. The van der Waals surface area contributed by atoms with E-state index >= 15 is 0 Å². The Morgan fingerprint density at radius 2 is 1.91 bits per heavy atom. The molecule has 1 atom stereocenters. The van der Waals surface area contributed by atoms with Crippen molar-refractivity contribution < 1.29 is 33.9 Å². The van der Waals surface area contributed by atoms with E-state index in [0.29, 0.717) is 42.6 Å². The lowest BCUT2D eigenvalue weighted by Crippen LogP contribution is -2.31. The number of para-hydroxylation sites is 1. The first-order valence-corrected chi connectivity index (χ1v) is 10.1. The molecule has 0 spiro atoms. The molecule has 1 aliphatic heterocycles. The number of aliphatic carboxylic acids is 1. The number of fused-ring (bicyclic) bond motifs is 1. The molecule has 32 heavy (non-hydrogen) atoms. The maximum atomic E-state index is 11.6. The molecule has 2 aromatic carbocycles. The second-order valence-corrected chi connectivity index (χ2v) is 7.51. The molecule has 1 aliphatic rings. The summed E-state index contributed by atoms with van der Waals surface area (Å²) >= 11 is 0. The summed E-state index contributed by atoms with van der Waals surface area (Å²) in [5, 5.41) is 9.80. The van der Waals surface area contributed by atoms with E-state index < -0.39 is 11.4 Å². The van der Waals surface area contributed by atoms with E-state index in [1.165, 1.54) is 14.2 Å². The van der Waals surface area contributed by atoms with Crippen molar-refractivity contribution in [3.63, 3.8) is 0 Å². The Morgan fingerprint density at radius 1 is 1.19 bits per heavy atom. The predicted molar refractivity (Wildman–Crippen MR) is 117 cm³/mol. The van der Waals surface area contributed by atoms with Crippen molar-refractivity contribution in [3.05, 3.63) is 64.7 Å². The van der Waals surface area contributed by atoms with Gasteiger partial charge in [0.1, 0.15) is 12.0 Å². The lowest BCUT2D eigenvalue weighted by Gasteiger charge is -2.32. The normalized spacial score (nSPS) is 16.5. The van der Waals surface area contributed by atoms with Crippen LogP contribution in [0.4, 0.5) is 0 Å². The van der Waals surface area contributed by atoms with Crippen LogP contribution in [0, 0.1) is 0 Å². The Balaban J connectivity index is 0.000000235. The Morgan fingerprint density at radius 3 is 2.53 bits per heavy atom. The molecule has 1 unspecified atom stereocenters. The standard InChI is InChI=1S/C14H16O4.C10H11NO3/c1-14(9-15)7-8-18-13-10(5-6-12(16)17)3-2-4-11(13)14;1-11(14-2)10(13)9-6-4-3-5-8(9)7-12/h2-4,9H,5-8H2,1H3,(H,16,17);3-7H,1-2H3. The van der Waals surface area contributed by atoms with Gasteiger partial charge in [-0.1, -0.05) is 36.4 Å². The highest BCUT2D eigenvalue weighted by Gasteiger charge is 2.34. The molecular formula is C24H27NO7. The number of carbonyl (C=O) groups is 4. The Kier molecular flexibility index (Phi) is 8.66. The fourth-order valence-corrected chi connectivity index (χ4v) is 3.31. The van der Waals surface area contributed by atoms with Crippen LogP contribution in [0.3, 0.4) is 0 Å². The summed E-state index contributed by atoms with van der Waals surface area (Å²) in [6, 6.07) is 12.2. The molecule has 8 heteroatoms. The van der Waals surface area contributed by atoms with Crippen LogP contribution in [0.2, 0.25) is 0 Å². The number of amides is 1.